The first-order valence-corrected chi connectivity index (χ1v) is 7.74. The summed E-state index contributed by atoms with van der Waals surface area (Å²) in [6.07, 6.45) is 0. The van der Waals surface area contributed by atoms with Crippen LogP contribution in [-0.4, -0.2) is 5.78 Å². The number of halogens is 4. The van der Waals surface area contributed by atoms with Crippen LogP contribution in [-0.2, 0) is 0 Å². The molecule has 1 unspecified atom stereocenters. The van der Waals surface area contributed by atoms with E-state index in [1.165, 1.54) is 18.2 Å². The monoisotopic (exact) mass is 429 g/mol. The molecule has 2 aromatic carbocycles. The fraction of sp³-hybridized carbons (Fsp3) is 0.0667. The number of nitrogens with zero attached hydrogens (tertiary/aromatic N) is 1. The fourth-order valence-electron chi connectivity index (χ4n) is 1.88. The summed E-state index contributed by atoms with van der Waals surface area (Å²) in [7, 11) is 0. The quantitative estimate of drug-likeness (QED) is 0.603. The van der Waals surface area contributed by atoms with Gasteiger partial charge >= 0.3 is 0 Å². The summed E-state index contributed by atoms with van der Waals surface area (Å²) in [6.45, 7) is 0. The van der Waals surface area contributed by atoms with Crippen LogP contribution in [0.4, 0.5) is 4.39 Å². The minimum Gasteiger partial charge on any atom is -0.292 e. The number of hydrogen-bond acceptors (Lipinski definition) is 2. The van der Waals surface area contributed by atoms with E-state index in [1.807, 2.05) is 6.07 Å². The fourth-order valence-corrected chi connectivity index (χ4v) is 3.35. The Balaban J connectivity index is 2.49. The average molecular weight is 431 g/mol. The molecule has 0 N–H and O–H groups in total. The van der Waals surface area contributed by atoms with Gasteiger partial charge < -0.3 is 0 Å². The Morgan fingerprint density at radius 3 is 2.43 bits per heavy atom. The van der Waals surface area contributed by atoms with Crippen LogP contribution < -0.4 is 0 Å². The number of carbonyl (C=O) groups excluding carboxylic acids is 1. The molecular formula is C15H7Br2ClFNO. The van der Waals surface area contributed by atoms with Crippen molar-refractivity contribution in [1.29, 1.82) is 5.26 Å². The predicted octanol–water partition coefficient (Wildman–Crippen LogP) is 5.49. The lowest BCUT2D eigenvalue weighted by Crippen LogP contribution is -2.13. The van der Waals surface area contributed by atoms with Crippen molar-refractivity contribution >= 4 is 49.2 Å². The molecule has 0 saturated carbocycles. The maximum atomic E-state index is 14.0. The topological polar surface area (TPSA) is 40.9 Å². The van der Waals surface area contributed by atoms with E-state index in [2.05, 4.69) is 31.9 Å². The zero-order valence-electron chi connectivity index (χ0n) is 10.4. The summed E-state index contributed by atoms with van der Waals surface area (Å²) in [4.78, 5) is 12.5. The Hall–Kier alpha value is -1.22. The first kappa shape index (κ1) is 16.2. The molecule has 2 aromatic rings. The minimum atomic E-state index is -1.25. The highest BCUT2D eigenvalue weighted by Gasteiger charge is 2.26. The van der Waals surface area contributed by atoms with Gasteiger partial charge in [-0.2, -0.15) is 5.26 Å². The number of hydrogen-bond donors (Lipinski definition) is 0. The highest BCUT2D eigenvalue weighted by Crippen LogP contribution is 2.29. The summed E-state index contributed by atoms with van der Waals surface area (Å²) >= 11 is 12.3. The molecule has 106 valence electrons. The van der Waals surface area contributed by atoms with Gasteiger partial charge in [-0.05, 0) is 24.3 Å². The second-order valence-corrected chi connectivity index (χ2v) is 6.47. The second kappa shape index (κ2) is 6.69. The zero-order valence-corrected chi connectivity index (χ0v) is 14.3. The van der Waals surface area contributed by atoms with Crippen molar-refractivity contribution in [1.82, 2.24) is 0 Å². The average Bonchev–Trinajstić information content (AvgIpc) is 2.43. The Labute approximate surface area is 142 Å². The lowest BCUT2D eigenvalue weighted by Gasteiger charge is -2.11. The molecule has 0 radical (unpaired) electrons. The molecule has 0 saturated heterocycles. The number of benzene rings is 2. The molecule has 2 rings (SSSR count). The molecule has 0 aliphatic heterocycles. The van der Waals surface area contributed by atoms with E-state index in [4.69, 9.17) is 11.6 Å². The number of ketones is 1. The van der Waals surface area contributed by atoms with Gasteiger partial charge in [0.05, 0.1) is 11.1 Å². The smallest absolute Gasteiger partial charge is 0.184 e. The van der Waals surface area contributed by atoms with Crippen LogP contribution in [0.1, 0.15) is 21.8 Å². The molecule has 0 fully saturated rings. The molecule has 21 heavy (non-hydrogen) atoms. The van der Waals surface area contributed by atoms with Gasteiger partial charge in [-0.25, -0.2) is 4.39 Å². The van der Waals surface area contributed by atoms with Crippen LogP contribution in [0.5, 0.6) is 0 Å². The Kier molecular flexibility index (Phi) is 5.15. The zero-order chi connectivity index (χ0) is 15.6. The molecule has 0 bridgehead atoms. The molecule has 0 spiro atoms. The highest BCUT2D eigenvalue weighted by atomic mass is 79.9. The van der Waals surface area contributed by atoms with Crippen LogP contribution in [0.3, 0.4) is 0 Å². The van der Waals surface area contributed by atoms with E-state index in [-0.39, 0.29) is 10.6 Å². The van der Waals surface area contributed by atoms with Crippen LogP contribution >= 0.6 is 43.5 Å². The molecule has 1 atom stereocenters. The minimum absolute atomic E-state index is 0.0221. The van der Waals surface area contributed by atoms with Crippen LogP contribution in [0, 0.1) is 17.1 Å². The van der Waals surface area contributed by atoms with E-state index >= 15 is 0 Å². The summed E-state index contributed by atoms with van der Waals surface area (Å²) in [5.74, 6) is -2.47. The van der Waals surface area contributed by atoms with Gasteiger partial charge in [-0.3, -0.25) is 4.79 Å². The molecule has 0 aliphatic rings. The van der Waals surface area contributed by atoms with E-state index in [9.17, 15) is 14.4 Å². The van der Waals surface area contributed by atoms with Crippen LogP contribution in [0.25, 0.3) is 0 Å². The second-order valence-electron chi connectivity index (χ2n) is 4.23. The third-order valence-electron chi connectivity index (χ3n) is 2.83. The number of rotatable bonds is 3. The van der Waals surface area contributed by atoms with Gasteiger partial charge in [0.25, 0.3) is 0 Å². The lowest BCUT2D eigenvalue weighted by molar-refractivity contribution is 0.0977. The van der Waals surface area contributed by atoms with Gasteiger partial charge in [-0.15, -0.1) is 0 Å². The predicted molar refractivity (Wildman–Crippen MR) is 85.9 cm³/mol. The summed E-state index contributed by atoms with van der Waals surface area (Å²) in [6, 6.07) is 11.0. The van der Waals surface area contributed by atoms with Crippen LogP contribution in [0.15, 0.2) is 45.3 Å². The van der Waals surface area contributed by atoms with E-state index in [0.717, 1.165) is 0 Å². The normalized spacial score (nSPS) is 11.8. The number of Topliss-reactive ketones (excluding diaryl/α,β-unsaturated/α-hetero) is 1. The van der Waals surface area contributed by atoms with Gasteiger partial charge in [0.15, 0.2) is 5.78 Å². The van der Waals surface area contributed by atoms with E-state index in [1.54, 1.807) is 18.2 Å². The van der Waals surface area contributed by atoms with Crippen molar-refractivity contribution in [3.8, 4) is 6.07 Å². The van der Waals surface area contributed by atoms with Gasteiger partial charge in [-0.1, -0.05) is 55.6 Å². The Morgan fingerprint density at radius 2 is 1.86 bits per heavy atom. The maximum absolute atomic E-state index is 14.0. The molecule has 0 heterocycles. The van der Waals surface area contributed by atoms with Gasteiger partial charge in [0, 0.05) is 20.1 Å². The Bertz CT molecular complexity index is 738. The van der Waals surface area contributed by atoms with Gasteiger partial charge in [0.1, 0.15) is 11.7 Å². The van der Waals surface area contributed by atoms with Gasteiger partial charge in [0.2, 0.25) is 0 Å². The summed E-state index contributed by atoms with van der Waals surface area (Å²) < 4.78 is 15.4. The SMILES string of the molecule is N#CC(C(=O)c1cc(Br)cc(Br)c1)c1cccc(Cl)c1F. The first-order chi connectivity index (χ1) is 9.93. The lowest BCUT2D eigenvalue weighted by atomic mass is 9.91. The largest absolute Gasteiger partial charge is 0.292 e. The number of carbonyl (C=O) groups is 1. The van der Waals surface area contributed by atoms with Crippen molar-refractivity contribution in [2.24, 2.45) is 0 Å². The number of nitriles is 1. The van der Waals surface area contributed by atoms with E-state index in [0.29, 0.717) is 14.5 Å². The maximum Gasteiger partial charge on any atom is 0.184 e. The first-order valence-electron chi connectivity index (χ1n) is 5.78. The van der Waals surface area contributed by atoms with Crippen molar-refractivity contribution in [3.63, 3.8) is 0 Å². The molecule has 6 heteroatoms. The molecular weight excluding hydrogens is 424 g/mol. The molecule has 0 aromatic heterocycles. The molecule has 0 aliphatic carbocycles. The highest BCUT2D eigenvalue weighted by molar-refractivity contribution is 9.11. The third-order valence-corrected chi connectivity index (χ3v) is 4.04. The van der Waals surface area contributed by atoms with Crippen molar-refractivity contribution in [2.45, 2.75) is 5.92 Å². The molecule has 2 nitrogen and oxygen atoms in total. The Morgan fingerprint density at radius 1 is 1.24 bits per heavy atom. The van der Waals surface area contributed by atoms with Crippen molar-refractivity contribution in [2.75, 3.05) is 0 Å². The van der Waals surface area contributed by atoms with E-state index < -0.39 is 17.5 Å². The molecule has 0 amide bonds. The van der Waals surface area contributed by atoms with Crippen molar-refractivity contribution < 1.29 is 9.18 Å². The summed E-state index contributed by atoms with van der Waals surface area (Å²) in [5.41, 5.74) is 0.285. The van der Waals surface area contributed by atoms with Crippen LogP contribution in [0.2, 0.25) is 5.02 Å². The summed E-state index contributed by atoms with van der Waals surface area (Å²) in [5, 5.41) is 9.15. The van der Waals surface area contributed by atoms with Crippen molar-refractivity contribution in [3.05, 3.63) is 67.3 Å². The third kappa shape index (κ3) is 3.52. The standard InChI is InChI=1S/C15H7Br2ClFNO/c16-9-4-8(5-10(17)6-9)15(21)12(7-20)11-2-1-3-13(18)14(11)19/h1-6,12H.